The molecule has 1 atom stereocenters. The maximum atomic E-state index is 10.8. The summed E-state index contributed by atoms with van der Waals surface area (Å²) in [5, 5.41) is 8.58. The fourth-order valence-electron chi connectivity index (χ4n) is 1.14. The molecule has 0 aliphatic carbocycles. The van der Waals surface area contributed by atoms with Crippen LogP contribution in [-0.2, 0) is 9.68 Å². The SMILES string of the molecule is CC(=O)C[C@@H](OO)c1ccccc1. The van der Waals surface area contributed by atoms with Crippen molar-refractivity contribution in [1.29, 1.82) is 0 Å². The average Bonchev–Trinajstić information content (AvgIpc) is 2.15. The summed E-state index contributed by atoms with van der Waals surface area (Å²) in [4.78, 5) is 15.0. The summed E-state index contributed by atoms with van der Waals surface area (Å²) >= 11 is 0. The van der Waals surface area contributed by atoms with E-state index in [0.717, 1.165) is 5.56 Å². The predicted molar refractivity (Wildman–Crippen MR) is 48.2 cm³/mol. The third-order valence-corrected chi connectivity index (χ3v) is 1.77. The van der Waals surface area contributed by atoms with Gasteiger partial charge in [0.05, 0.1) is 0 Å². The van der Waals surface area contributed by atoms with Crippen molar-refractivity contribution in [3.8, 4) is 0 Å². The summed E-state index contributed by atoms with van der Waals surface area (Å²) in [6.07, 6.45) is -0.348. The number of hydrogen-bond acceptors (Lipinski definition) is 3. The summed E-state index contributed by atoms with van der Waals surface area (Å²) in [6.45, 7) is 1.47. The Bertz CT molecular complexity index is 269. The van der Waals surface area contributed by atoms with Crippen molar-refractivity contribution in [2.75, 3.05) is 0 Å². The standard InChI is InChI=1S/C10H12O3/c1-8(11)7-10(13-12)9-5-3-2-4-6-9/h2-6,10,12H,7H2,1H3/t10-/m1/s1. The first-order chi connectivity index (χ1) is 6.24. The van der Waals surface area contributed by atoms with Crippen LogP contribution in [0.3, 0.4) is 0 Å². The minimum absolute atomic E-state index is 0.0112. The van der Waals surface area contributed by atoms with Crippen LogP contribution >= 0.6 is 0 Å². The zero-order valence-electron chi connectivity index (χ0n) is 7.43. The van der Waals surface area contributed by atoms with Crippen LogP contribution in [0.5, 0.6) is 0 Å². The predicted octanol–water partition coefficient (Wildman–Crippen LogP) is 2.20. The monoisotopic (exact) mass is 180 g/mol. The van der Waals surface area contributed by atoms with E-state index in [9.17, 15) is 4.79 Å². The highest BCUT2D eigenvalue weighted by atomic mass is 17.1. The van der Waals surface area contributed by atoms with E-state index < -0.39 is 6.10 Å². The molecule has 0 saturated carbocycles. The Morgan fingerprint density at radius 2 is 2.08 bits per heavy atom. The highest BCUT2D eigenvalue weighted by molar-refractivity contribution is 5.76. The molecule has 0 amide bonds. The molecule has 0 radical (unpaired) electrons. The summed E-state index contributed by atoms with van der Waals surface area (Å²) in [5.41, 5.74) is 0.806. The molecule has 0 unspecified atom stereocenters. The highest BCUT2D eigenvalue weighted by Gasteiger charge is 2.13. The number of hydrogen-bond donors (Lipinski definition) is 1. The molecular weight excluding hydrogens is 168 g/mol. The molecular formula is C10H12O3. The van der Waals surface area contributed by atoms with E-state index >= 15 is 0 Å². The van der Waals surface area contributed by atoms with Gasteiger partial charge in [0.15, 0.2) is 0 Å². The largest absolute Gasteiger partial charge is 0.300 e. The smallest absolute Gasteiger partial charge is 0.132 e. The lowest BCUT2D eigenvalue weighted by Crippen LogP contribution is -2.06. The van der Waals surface area contributed by atoms with Gasteiger partial charge >= 0.3 is 0 Å². The number of rotatable bonds is 4. The molecule has 70 valence electrons. The Kier molecular flexibility index (Phi) is 3.61. The first kappa shape index (κ1) is 9.89. The third kappa shape index (κ3) is 2.97. The third-order valence-electron chi connectivity index (χ3n) is 1.77. The molecule has 3 heteroatoms. The van der Waals surface area contributed by atoms with Crippen molar-refractivity contribution in [1.82, 2.24) is 0 Å². The van der Waals surface area contributed by atoms with Crippen LogP contribution in [0.1, 0.15) is 25.0 Å². The topological polar surface area (TPSA) is 46.5 Å². The van der Waals surface area contributed by atoms with Gasteiger partial charge in [-0.3, -0.25) is 10.1 Å². The van der Waals surface area contributed by atoms with Gasteiger partial charge in [-0.15, -0.1) is 0 Å². The summed E-state index contributed by atoms with van der Waals surface area (Å²) in [5.74, 6) is -0.0112. The van der Waals surface area contributed by atoms with Gasteiger partial charge in [-0.1, -0.05) is 30.3 Å². The first-order valence-electron chi connectivity index (χ1n) is 4.08. The van der Waals surface area contributed by atoms with Crippen molar-refractivity contribution in [3.63, 3.8) is 0 Å². The lowest BCUT2D eigenvalue weighted by Gasteiger charge is -2.11. The molecule has 1 rings (SSSR count). The molecule has 1 N–H and O–H groups in total. The van der Waals surface area contributed by atoms with E-state index in [1.54, 1.807) is 0 Å². The highest BCUT2D eigenvalue weighted by Crippen LogP contribution is 2.19. The number of benzene rings is 1. The Hall–Kier alpha value is -1.19. The molecule has 0 aliphatic heterocycles. The van der Waals surface area contributed by atoms with E-state index in [-0.39, 0.29) is 12.2 Å². The molecule has 13 heavy (non-hydrogen) atoms. The molecule has 1 aromatic carbocycles. The number of ketones is 1. The number of carbonyl (C=O) groups is 1. The maximum absolute atomic E-state index is 10.8. The molecule has 0 spiro atoms. The van der Waals surface area contributed by atoms with Gasteiger partial charge in [0.2, 0.25) is 0 Å². The van der Waals surface area contributed by atoms with Gasteiger partial charge in [-0.2, -0.15) is 0 Å². The number of carbonyl (C=O) groups excluding carboxylic acids is 1. The van der Waals surface area contributed by atoms with Crippen LogP contribution in [0.25, 0.3) is 0 Å². The normalized spacial score (nSPS) is 12.5. The molecule has 3 nitrogen and oxygen atoms in total. The van der Waals surface area contributed by atoms with Crippen molar-refractivity contribution < 1.29 is 14.9 Å². The van der Waals surface area contributed by atoms with E-state index in [1.165, 1.54) is 6.92 Å². The molecule has 0 aliphatic rings. The Morgan fingerprint density at radius 1 is 1.46 bits per heavy atom. The number of Topliss-reactive ketones (excluding diaryl/α,β-unsaturated/α-hetero) is 1. The molecule has 1 aromatic rings. The first-order valence-corrected chi connectivity index (χ1v) is 4.08. The zero-order chi connectivity index (χ0) is 9.68. The van der Waals surface area contributed by atoms with Gasteiger partial charge in [-0.25, -0.2) is 4.89 Å². The van der Waals surface area contributed by atoms with Crippen LogP contribution in [-0.4, -0.2) is 11.0 Å². The Balaban J connectivity index is 2.73. The van der Waals surface area contributed by atoms with Gasteiger partial charge < -0.3 is 0 Å². The summed E-state index contributed by atoms with van der Waals surface area (Å²) in [6, 6.07) is 9.16. The minimum atomic E-state index is -0.543. The van der Waals surface area contributed by atoms with Gasteiger partial charge in [0.1, 0.15) is 11.9 Å². The van der Waals surface area contributed by atoms with Gasteiger partial charge in [0, 0.05) is 6.42 Å². The van der Waals surface area contributed by atoms with Crippen LogP contribution in [0.2, 0.25) is 0 Å². The van der Waals surface area contributed by atoms with Gasteiger partial charge in [0.25, 0.3) is 0 Å². The maximum Gasteiger partial charge on any atom is 0.132 e. The fourth-order valence-corrected chi connectivity index (χ4v) is 1.14. The van der Waals surface area contributed by atoms with Crippen LogP contribution in [0.4, 0.5) is 0 Å². The van der Waals surface area contributed by atoms with E-state index in [4.69, 9.17) is 5.26 Å². The molecule has 0 heterocycles. The lowest BCUT2D eigenvalue weighted by molar-refractivity contribution is -0.281. The summed E-state index contributed by atoms with van der Waals surface area (Å²) < 4.78 is 0. The van der Waals surface area contributed by atoms with Crippen molar-refractivity contribution in [2.45, 2.75) is 19.4 Å². The molecule has 0 bridgehead atoms. The van der Waals surface area contributed by atoms with Crippen LogP contribution in [0.15, 0.2) is 30.3 Å². The minimum Gasteiger partial charge on any atom is -0.300 e. The second kappa shape index (κ2) is 4.74. The Labute approximate surface area is 76.9 Å². The second-order valence-electron chi connectivity index (χ2n) is 2.91. The second-order valence-corrected chi connectivity index (χ2v) is 2.91. The van der Waals surface area contributed by atoms with E-state index in [0.29, 0.717) is 0 Å². The van der Waals surface area contributed by atoms with E-state index in [2.05, 4.69) is 4.89 Å². The quantitative estimate of drug-likeness (QED) is 0.570. The van der Waals surface area contributed by atoms with Gasteiger partial charge in [-0.05, 0) is 12.5 Å². The average molecular weight is 180 g/mol. The Morgan fingerprint density at radius 3 is 2.54 bits per heavy atom. The molecule has 0 aromatic heterocycles. The van der Waals surface area contributed by atoms with Crippen molar-refractivity contribution >= 4 is 5.78 Å². The molecule has 0 fully saturated rings. The summed E-state index contributed by atoms with van der Waals surface area (Å²) in [7, 11) is 0. The van der Waals surface area contributed by atoms with E-state index in [1.807, 2.05) is 30.3 Å². The van der Waals surface area contributed by atoms with Crippen molar-refractivity contribution in [3.05, 3.63) is 35.9 Å². The van der Waals surface area contributed by atoms with Crippen LogP contribution in [0, 0.1) is 0 Å². The lowest BCUT2D eigenvalue weighted by atomic mass is 10.1. The molecule has 0 saturated heterocycles. The zero-order valence-corrected chi connectivity index (χ0v) is 7.43. The fraction of sp³-hybridized carbons (Fsp3) is 0.300. The van der Waals surface area contributed by atoms with Crippen molar-refractivity contribution in [2.24, 2.45) is 0 Å². The van der Waals surface area contributed by atoms with Crippen LogP contribution < -0.4 is 0 Å².